The van der Waals surface area contributed by atoms with Crippen molar-refractivity contribution in [3.63, 3.8) is 0 Å². The van der Waals surface area contributed by atoms with Crippen molar-refractivity contribution in [2.75, 3.05) is 26.2 Å². The number of hydrogen-bond acceptors (Lipinski definition) is 8. The fourth-order valence-corrected chi connectivity index (χ4v) is 3.19. The molecule has 0 spiro atoms. The van der Waals surface area contributed by atoms with E-state index >= 15 is 0 Å². The second-order valence-electron chi connectivity index (χ2n) is 11.2. The zero-order chi connectivity index (χ0) is 28.4. The lowest BCUT2D eigenvalue weighted by atomic mass is 10.1. The maximum Gasteiger partial charge on any atom is 0.414 e. The van der Waals surface area contributed by atoms with Gasteiger partial charge in [-0.25, -0.2) is 19.2 Å². The first kappa shape index (κ1) is 33.4. The topological polar surface area (TPSA) is 158 Å². The Morgan fingerprint density at radius 3 is 1.17 bits per heavy atom. The summed E-state index contributed by atoms with van der Waals surface area (Å²) in [7, 11) is 0. The third kappa shape index (κ3) is 14.1. The summed E-state index contributed by atoms with van der Waals surface area (Å²) in [4.78, 5) is 45.5. The number of nitrogens with zero attached hydrogens (tertiary/aromatic N) is 2. The average molecular weight is 519 g/mol. The van der Waals surface area contributed by atoms with Gasteiger partial charge < -0.3 is 40.1 Å². The van der Waals surface area contributed by atoms with Crippen molar-refractivity contribution in [2.45, 2.75) is 105 Å². The summed E-state index contributed by atoms with van der Waals surface area (Å²) in [6, 6.07) is 1.09. The Hall–Kier alpha value is -2.60. The lowest BCUT2D eigenvalue weighted by Gasteiger charge is -2.38. The van der Waals surface area contributed by atoms with Crippen LogP contribution in [0.3, 0.4) is 0 Å². The number of aliphatic carboxylic acids is 2. The first-order valence-corrected chi connectivity index (χ1v) is 12.2. The van der Waals surface area contributed by atoms with E-state index in [1.54, 1.807) is 9.80 Å². The molecule has 0 aromatic carbocycles. The van der Waals surface area contributed by atoms with Crippen molar-refractivity contribution in [2.24, 2.45) is 0 Å². The first-order valence-electron chi connectivity index (χ1n) is 12.2. The van der Waals surface area contributed by atoms with Crippen LogP contribution in [0.25, 0.3) is 0 Å². The van der Waals surface area contributed by atoms with Crippen LogP contribution < -0.4 is 10.6 Å². The molecule has 4 N–H and O–H groups in total. The van der Waals surface area contributed by atoms with Crippen LogP contribution in [0.2, 0.25) is 0 Å². The third-order valence-electron chi connectivity index (χ3n) is 4.97. The fraction of sp³-hybridized carbons (Fsp3) is 0.833. The molecule has 0 aromatic rings. The van der Waals surface area contributed by atoms with Crippen molar-refractivity contribution in [1.82, 2.24) is 20.4 Å². The molecule has 2 heterocycles. The third-order valence-corrected chi connectivity index (χ3v) is 4.97. The molecule has 2 aliphatic heterocycles. The monoisotopic (exact) mass is 518 g/mol. The van der Waals surface area contributed by atoms with E-state index in [0.717, 1.165) is 26.2 Å². The van der Waals surface area contributed by atoms with E-state index in [9.17, 15) is 9.59 Å². The summed E-state index contributed by atoms with van der Waals surface area (Å²) in [6.07, 6.45) is -0.410. The number of nitrogens with one attached hydrogen (secondary N) is 2. The molecule has 12 heteroatoms. The number of ether oxygens (including phenoxy) is 2. The van der Waals surface area contributed by atoms with Crippen molar-refractivity contribution < 1.29 is 38.9 Å². The Labute approximate surface area is 214 Å². The van der Waals surface area contributed by atoms with Crippen LogP contribution in [0.4, 0.5) is 9.59 Å². The van der Waals surface area contributed by atoms with Crippen LogP contribution in [0.5, 0.6) is 0 Å². The van der Waals surface area contributed by atoms with E-state index in [1.807, 2.05) is 55.4 Å². The molecule has 12 nitrogen and oxygen atoms in total. The molecule has 0 radical (unpaired) electrons. The predicted molar refractivity (Wildman–Crippen MR) is 135 cm³/mol. The van der Waals surface area contributed by atoms with Gasteiger partial charge in [0.25, 0.3) is 0 Å². The quantitative estimate of drug-likeness (QED) is 0.351. The van der Waals surface area contributed by atoms with Crippen molar-refractivity contribution in [1.29, 1.82) is 0 Å². The van der Waals surface area contributed by atoms with Gasteiger partial charge in [0.1, 0.15) is 11.2 Å². The number of carboxylic acid groups (broad SMARTS) is 2. The number of rotatable bonds is 0. The number of carboxylic acids is 2. The molecule has 0 unspecified atom stereocenters. The minimum Gasteiger partial charge on any atom is -0.473 e. The van der Waals surface area contributed by atoms with E-state index < -0.39 is 23.1 Å². The lowest BCUT2D eigenvalue weighted by Crippen LogP contribution is -2.57. The van der Waals surface area contributed by atoms with Crippen LogP contribution in [-0.2, 0) is 19.1 Å². The molecule has 2 saturated heterocycles. The second-order valence-corrected chi connectivity index (χ2v) is 11.2. The van der Waals surface area contributed by atoms with Gasteiger partial charge in [0.15, 0.2) is 0 Å². The van der Waals surface area contributed by atoms with Gasteiger partial charge in [-0.2, -0.15) is 0 Å². The van der Waals surface area contributed by atoms with Crippen LogP contribution in [0.1, 0.15) is 69.2 Å². The summed E-state index contributed by atoms with van der Waals surface area (Å²) in [5, 5.41) is 21.4. The number of carbonyl (C=O) groups excluding carboxylic acids is 2. The van der Waals surface area contributed by atoms with Gasteiger partial charge in [-0.05, 0) is 69.2 Å². The average Bonchev–Trinajstić information content (AvgIpc) is 2.70. The maximum atomic E-state index is 11.8. The molecule has 2 fully saturated rings. The van der Waals surface area contributed by atoms with Gasteiger partial charge in [-0.3, -0.25) is 0 Å². The molecular weight excluding hydrogens is 472 g/mol. The maximum absolute atomic E-state index is 11.8. The predicted octanol–water partition coefficient (Wildman–Crippen LogP) is 2.36. The Bertz CT molecular complexity index is 685. The van der Waals surface area contributed by atoms with E-state index in [1.165, 1.54) is 0 Å². The molecule has 0 saturated carbocycles. The standard InChI is InChI=1S/2C11H22N2O2.C2H2O4/c2*1-8-7-13(9(2)6-12-8)10(14)15-11(3,4)5;3-1(4)2(5)6/h2*8-9,12H,6-7H2,1-5H3;(H,3,4)(H,5,6)/t2*8-,9-;/m00./s1. The first-order chi connectivity index (χ1) is 16.2. The van der Waals surface area contributed by atoms with E-state index in [2.05, 4.69) is 24.5 Å². The van der Waals surface area contributed by atoms with E-state index in [4.69, 9.17) is 29.3 Å². The molecule has 2 amide bonds. The van der Waals surface area contributed by atoms with Gasteiger partial charge >= 0.3 is 24.1 Å². The minimum absolute atomic E-state index is 0.205. The van der Waals surface area contributed by atoms with Gasteiger partial charge in [-0.15, -0.1) is 0 Å². The SMILES string of the molecule is C[C@H]1CN(C(=O)OC(C)(C)C)[C@@H](C)CN1.C[C@H]1CN(C(=O)OC(C)(C)C)[C@@H](C)CN1.O=C(O)C(=O)O. The van der Waals surface area contributed by atoms with Gasteiger partial charge in [0.05, 0.1) is 0 Å². The van der Waals surface area contributed by atoms with Crippen LogP contribution in [0, 0.1) is 0 Å². The van der Waals surface area contributed by atoms with E-state index in [0.29, 0.717) is 12.1 Å². The number of piperazine rings is 2. The summed E-state index contributed by atoms with van der Waals surface area (Å²) >= 11 is 0. The Kier molecular flexibility index (Phi) is 13.2. The zero-order valence-corrected chi connectivity index (χ0v) is 23.4. The molecular formula is C24H46N4O8. The Balaban J connectivity index is 0.000000558. The fourth-order valence-electron chi connectivity index (χ4n) is 3.19. The number of carbonyl (C=O) groups is 4. The molecule has 4 atom stereocenters. The van der Waals surface area contributed by atoms with Crippen molar-refractivity contribution in [3.8, 4) is 0 Å². The smallest absolute Gasteiger partial charge is 0.414 e. The summed E-state index contributed by atoms with van der Waals surface area (Å²) < 4.78 is 10.7. The molecule has 36 heavy (non-hydrogen) atoms. The normalized spacial score (nSPS) is 24.3. The summed E-state index contributed by atoms with van der Waals surface area (Å²) in [5.74, 6) is -3.65. The highest BCUT2D eigenvalue weighted by molar-refractivity contribution is 6.27. The van der Waals surface area contributed by atoms with Crippen LogP contribution in [-0.4, -0.2) is 106 Å². The highest BCUT2D eigenvalue weighted by atomic mass is 16.6. The molecule has 0 aromatic heterocycles. The minimum atomic E-state index is -1.82. The van der Waals surface area contributed by atoms with Gasteiger partial charge in [0, 0.05) is 50.3 Å². The Morgan fingerprint density at radius 1 is 0.667 bits per heavy atom. The number of amides is 2. The molecule has 0 bridgehead atoms. The molecule has 210 valence electrons. The van der Waals surface area contributed by atoms with Crippen molar-refractivity contribution in [3.05, 3.63) is 0 Å². The van der Waals surface area contributed by atoms with Crippen LogP contribution >= 0.6 is 0 Å². The highest BCUT2D eigenvalue weighted by Crippen LogP contribution is 2.15. The lowest BCUT2D eigenvalue weighted by molar-refractivity contribution is -0.159. The van der Waals surface area contributed by atoms with Gasteiger partial charge in [-0.1, -0.05) is 0 Å². The molecule has 0 aliphatic carbocycles. The Morgan fingerprint density at radius 2 is 0.944 bits per heavy atom. The second kappa shape index (κ2) is 14.2. The van der Waals surface area contributed by atoms with E-state index in [-0.39, 0.29) is 24.3 Å². The van der Waals surface area contributed by atoms with Crippen LogP contribution in [0.15, 0.2) is 0 Å². The zero-order valence-electron chi connectivity index (χ0n) is 23.4. The largest absolute Gasteiger partial charge is 0.473 e. The summed E-state index contributed by atoms with van der Waals surface area (Å²) in [5.41, 5.74) is -0.824. The summed E-state index contributed by atoms with van der Waals surface area (Å²) in [6.45, 7) is 22.7. The molecule has 2 aliphatic rings. The number of hydrogen-bond donors (Lipinski definition) is 4. The van der Waals surface area contributed by atoms with Crippen molar-refractivity contribution >= 4 is 24.1 Å². The van der Waals surface area contributed by atoms with Gasteiger partial charge in [0.2, 0.25) is 0 Å². The highest BCUT2D eigenvalue weighted by Gasteiger charge is 2.31. The molecule has 2 rings (SSSR count).